The molecular weight excluding hydrogens is 248 g/mol. The molecule has 0 unspecified atom stereocenters. The number of carbonyl (C=O) groups is 1. The minimum atomic E-state index is 0.00970. The first-order chi connectivity index (χ1) is 6.33. The maximum absolute atomic E-state index is 11.2. The molecule has 0 atom stereocenters. The van der Waals surface area contributed by atoms with Crippen LogP contribution < -0.4 is 0 Å². The van der Waals surface area contributed by atoms with Crippen molar-refractivity contribution in [3.05, 3.63) is 0 Å². The molecule has 0 aliphatic heterocycles. The topological polar surface area (TPSA) is 26.3 Å². The van der Waals surface area contributed by atoms with Crippen molar-refractivity contribution in [2.75, 3.05) is 0 Å². The maximum atomic E-state index is 11.2. The standard InChI is InChI=1S/C10H17O2.Mo/c1-2-6-10(11)12-9-7-4-3-5-8-9;/h9H,1-8H2;. The minimum absolute atomic E-state index is 0.00970. The van der Waals surface area contributed by atoms with Gasteiger partial charge in [-0.1, -0.05) is 0 Å². The van der Waals surface area contributed by atoms with Crippen LogP contribution in [0, 0.1) is 0 Å². The van der Waals surface area contributed by atoms with Gasteiger partial charge >= 0.3 is 91.2 Å². The Bertz CT molecular complexity index is 153. The zero-order valence-corrected chi connectivity index (χ0v) is 9.97. The molecule has 2 nitrogen and oxygen atoms in total. The quantitative estimate of drug-likeness (QED) is 0.577. The first-order valence-corrected chi connectivity index (χ1v) is 6.52. The molecule has 0 N–H and O–H groups in total. The van der Waals surface area contributed by atoms with E-state index in [1.54, 1.807) is 0 Å². The summed E-state index contributed by atoms with van der Waals surface area (Å²) in [7, 11) is 0. The Morgan fingerprint density at radius 1 is 1.31 bits per heavy atom. The summed E-state index contributed by atoms with van der Waals surface area (Å²) in [5.41, 5.74) is 0. The van der Waals surface area contributed by atoms with Crippen LogP contribution in [-0.2, 0) is 29.3 Å². The summed E-state index contributed by atoms with van der Waals surface area (Å²) >= 11 is 2.03. The zero-order valence-electron chi connectivity index (χ0n) is 7.96. The number of ether oxygens (including phenoxy) is 1. The summed E-state index contributed by atoms with van der Waals surface area (Å²) in [6, 6.07) is 0. The van der Waals surface area contributed by atoms with Crippen molar-refractivity contribution in [3.63, 3.8) is 0 Å². The van der Waals surface area contributed by atoms with Crippen LogP contribution in [-0.4, -0.2) is 12.1 Å². The molecule has 13 heavy (non-hydrogen) atoms. The van der Waals surface area contributed by atoms with E-state index in [4.69, 9.17) is 4.74 Å². The van der Waals surface area contributed by atoms with Crippen LogP contribution >= 0.6 is 0 Å². The van der Waals surface area contributed by atoms with Crippen molar-refractivity contribution in [3.8, 4) is 0 Å². The predicted molar refractivity (Wildman–Crippen MR) is 47.0 cm³/mol. The molecular formula is C10H17MoO2. The van der Waals surface area contributed by atoms with Gasteiger partial charge in [0.15, 0.2) is 0 Å². The van der Waals surface area contributed by atoms with Gasteiger partial charge in [0.1, 0.15) is 0 Å². The van der Waals surface area contributed by atoms with Crippen LogP contribution in [0.25, 0.3) is 0 Å². The fourth-order valence-electron chi connectivity index (χ4n) is 1.64. The summed E-state index contributed by atoms with van der Waals surface area (Å²) in [5.74, 6) is 0.00970. The van der Waals surface area contributed by atoms with E-state index < -0.39 is 0 Å². The summed E-state index contributed by atoms with van der Waals surface area (Å²) < 4.78 is 5.36. The third-order valence-electron chi connectivity index (χ3n) is 2.38. The van der Waals surface area contributed by atoms with E-state index in [0.717, 1.165) is 24.1 Å². The Morgan fingerprint density at radius 3 is 2.62 bits per heavy atom. The van der Waals surface area contributed by atoms with Crippen molar-refractivity contribution in [1.82, 2.24) is 0 Å². The summed E-state index contributed by atoms with van der Waals surface area (Å²) in [4.78, 5) is 12.3. The zero-order chi connectivity index (χ0) is 9.52. The average molecular weight is 265 g/mol. The molecule has 0 bridgehead atoms. The summed E-state index contributed by atoms with van der Waals surface area (Å²) in [6.07, 6.45) is 7.74. The van der Waals surface area contributed by atoms with Crippen LogP contribution in [0.4, 0.5) is 0 Å². The second-order valence-corrected chi connectivity index (χ2v) is 4.56. The first-order valence-electron chi connectivity index (χ1n) is 5.10. The molecule has 1 aliphatic carbocycles. The molecule has 1 saturated carbocycles. The fraction of sp³-hybridized carbons (Fsp3) is 0.900. The molecule has 0 radical (unpaired) electrons. The fourth-order valence-corrected chi connectivity index (χ4v) is 2.00. The molecule has 1 rings (SSSR count). The molecule has 0 saturated heterocycles. The van der Waals surface area contributed by atoms with Crippen LogP contribution in [0.3, 0.4) is 0 Å². The Balaban J connectivity index is 2.11. The predicted octanol–water partition coefficient (Wildman–Crippen LogP) is 2.61. The number of carbonyl (C=O) groups excluding carboxylic acids is 1. The monoisotopic (exact) mass is 267 g/mol. The van der Waals surface area contributed by atoms with E-state index in [1.807, 2.05) is 19.8 Å². The number of hydrogen-bond donors (Lipinski definition) is 0. The summed E-state index contributed by atoms with van der Waals surface area (Å²) in [5, 5.41) is 0. The van der Waals surface area contributed by atoms with Gasteiger partial charge in [0.05, 0.1) is 0 Å². The van der Waals surface area contributed by atoms with Gasteiger partial charge in [0.25, 0.3) is 0 Å². The van der Waals surface area contributed by atoms with Crippen molar-refractivity contribution in [1.29, 1.82) is 0 Å². The first kappa shape index (κ1) is 11.2. The van der Waals surface area contributed by atoms with E-state index in [9.17, 15) is 4.79 Å². The van der Waals surface area contributed by atoms with Crippen molar-refractivity contribution < 1.29 is 29.3 Å². The second-order valence-electron chi connectivity index (χ2n) is 3.56. The van der Waals surface area contributed by atoms with E-state index in [1.165, 1.54) is 19.3 Å². The molecule has 0 heterocycles. The molecule has 0 amide bonds. The van der Waals surface area contributed by atoms with Gasteiger partial charge in [-0.05, 0) is 0 Å². The normalized spacial score (nSPS) is 18.5. The van der Waals surface area contributed by atoms with E-state index in [-0.39, 0.29) is 12.1 Å². The van der Waals surface area contributed by atoms with E-state index in [0.29, 0.717) is 6.42 Å². The second kappa shape index (κ2) is 6.59. The number of hydrogen-bond acceptors (Lipinski definition) is 2. The molecule has 75 valence electrons. The van der Waals surface area contributed by atoms with Crippen LogP contribution in [0.5, 0.6) is 0 Å². The number of esters is 1. The Labute approximate surface area is 91.3 Å². The van der Waals surface area contributed by atoms with Gasteiger partial charge in [-0.25, -0.2) is 0 Å². The van der Waals surface area contributed by atoms with Crippen molar-refractivity contribution >= 4 is 5.97 Å². The van der Waals surface area contributed by atoms with Gasteiger partial charge < -0.3 is 0 Å². The van der Waals surface area contributed by atoms with Gasteiger partial charge in [0.2, 0.25) is 0 Å². The van der Waals surface area contributed by atoms with Crippen molar-refractivity contribution in [2.24, 2.45) is 0 Å². The van der Waals surface area contributed by atoms with Gasteiger partial charge in [-0.2, -0.15) is 0 Å². The molecule has 0 aromatic carbocycles. The third kappa shape index (κ3) is 4.81. The van der Waals surface area contributed by atoms with E-state index in [2.05, 4.69) is 0 Å². The molecule has 1 aliphatic rings. The summed E-state index contributed by atoms with van der Waals surface area (Å²) in [6.45, 7) is 0. The number of rotatable bonds is 4. The van der Waals surface area contributed by atoms with Crippen LogP contribution in [0.2, 0.25) is 4.81 Å². The van der Waals surface area contributed by atoms with Gasteiger partial charge in [0, 0.05) is 0 Å². The SMILES string of the molecule is O=C(CC[CH2][Mo])OC1CCCCC1. The molecule has 0 aromatic rings. The van der Waals surface area contributed by atoms with Crippen molar-refractivity contribution in [2.45, 2.75) is 55.9 Å². The molecule has 0 spiro atoms. The third-order valence-corrected chi connectivity index (χ3v) is 3.09. The van der Waals surface area contributed by atoms with E-state index >= 15 is 0 Å². The molecule has 1 fully saturated rings. The van der Waals surface area contributed by atoms with Gasteiger partial charge in [-0.3, -0.25) is 0 Å². The van der Waals surface area contributed by atoms with Crippen LogP contribution in [0.15, 0.2) is 0 Å². The van der Waals surface area contributed by atoms with Gasteiger partial charge in [-0.15, -0.1) is 0 Å². The molecule has 3 heteroatoms. The van der Waals surface area contributed by atoms with Crippen LogP contribution in [0.1, 0.15) is 44.9 Å². The Hall–Kier alpha value is 0.158. The Morgan fingerprint density at radius 2 is 2.00 bits per heavy atom. The Kier molecular flexibility index (Phi) is 5.69. The average Bonchev–Trinajstić information content (AvgIpc) is 2.16. The molecule has 0 aromatic heterocycles.